The van der Waals surface area contributed by atoms with Gasteiger partial charge in [-0.15, -0.1) is 11.3 Å². The van der Waals surface area contributed by atoms with Crippen LogP contribution in [0.1, 0.15) is 29.6 Å². The number of methoxy groups -OCH3 is 1. The topological polar surface area (TPSA) is 64.1 Å². The highest BCUT2D eigenvalue weighted by atomic mass is 32.1. The molecular weight excluding hydrogens is 402 g/mol. The number of benzene rings is 1. The summed E-state index contributed by atoms with van der Waals surface area (Å²) in [6, 6.07) is 5.83. The van der Waals surface area contributed by atoms with Gasteiger partial charge in [-0.1, -0.05) is 6.07 Å². The maximum Gasteiger partial charge on any atom is 0.222 e. The van der Waals surface area contributed by atoms with Crippen LogP contribution in [0.5, 0.6) is 11.5 Å². The largest absolute Gasteiger partial charge is 0.493 e. The van der Waals surface area contributed by atoms with Gasteiger partial charge in [0.2, 0.25) is 5.91 Å². The lowest BCUT2D eigenvalue weighted by molar-refractivity contribution is -0.130. The number of hydrogen-bond donors (Lipinski definition) is 0. The van der Waals surface area contributed by atoms with E-state index in [2.05, 4.69) is 10.3 Å². The van der Waals surface area contributed by atoms with E-state index in [1.165, 1.54) is 0 Å². The van der Waals surface area contributed by atoms with Gasteiger partial charge in [0.15, 0.2) is 11.5 Å². The van der Waals surface area contributed by atoms with Crippen LogP contribution >= 0.6 is 11.3 Å². The van der Waals surface area contributed by atoms with Crippen molar-refractivity contribution in [3.63, 3.8) is 0 Å². The van der Waals surface area contributed by atoms with Gasteiger partial charge in [-0.05, 0) is 31.0 Å². The van der Waals surface area contributed by atoms with Gasteiger partial charge in [-0.3, -0.25) is 9.69 Å². The minimum atomic E-state index is 0.102. The Morgan fingerprint density at radius 2 is 2.10 bits per heavy atom. The van der Waals surface area contributed by atoms with Gasteiger partial charge >= 0.3 is 0 Å². The molecule has 8 heteroatoms. The molecule has 1 amide bonds. The molecule has 3 rings (SSSR count). The fraction of sp³-hybridized carbons (Fsp3) is 0.545. The molecule has 0 bridgehead atoms. The number of aromatic nitrogens is 1. The average Bonchev–Trinajstić information content (AvgIpc) is 3.20. The van der Waals surface area contributed by atoms with Crippen LogP contribution in [0.25, 0.3) is 0 Å². The van der Waals surface area contributed by atoms with Gasteiger partial charge in [0, 0.05) is 31.9 Å². The first kappa shape index (κ1) is 22.5. The van der Waals surface area contributed by atoms with Crippen molar-refractivity contribution in [2.24, 2.45) is 0 Å². The van der Waals surface area contributed by atoms with Crippen molar-refractivity contribution in [1.29, 1.82) is 0 Å². The molecule has 0 aliphatic carbocycles. The minimum absolute atomic E-state index is 0.102. The predicted octanol–water partition coefficient (Wildman–Crippen LogP) is 2.97. The Morgan fingerprint density at radius 3 is 2.83 bits per heavy atom. The van der Waals surface area contributed by atoms with E-state index in [4.69, 9.17) is 19.2 Å². The first-order chi connectivity index (χ1) is 14.6. The van der Waals surface area contributed by atoms with Crippen LogP contribution in [0.15, 0.2) is 23.6 Å². The fourth-order valence-electron chi connectivity index (χ4n) is 3.36. The highest BCUT2D eigenvalue weighted by Crippen LogP contribution is 2.28. The van der Waals surface area contributed by atoms with Crippen LogP contribution in [-0.2, 0) is 29.0 Å². The molecule has 2 aromatic rings. The molecule has 1 fully saturated rings. The molecule has 0 unspecified atom stereocenters. The molecule has 0 N–H and O–H groups in total. The Morgan fingerprint density at radius 1 is 1.30 bits per heavy atom. The van der Waals surface area contributed by atoms with Gasteiger partial charge < -0.3 is 19.1 Å². The van der Waals surface area contributed by atoms with Crippen molar-refractivity contribution in [3.05, 3.63) is 39.8 Å². The molecule has 0 radical (unpaired) electrons. The second-order valence-electron chi connectivity index (χ2n) is 7.29. The lowest BCUT2D eigenvalue weighted by Gasteiger charge is -2.25. The maximum absolute atomic E-state index is 12.6. The number of aryl methyl sites for hydroxylation is 1. The molecule has 0 atom stereocenters. The number of nitrogens with zero attached hydrogens (tertiary/aromatic N) is 3. The van der Waals surface area contributed by atoms with Crippen LogP contribution < -0.4 is 9.47 Å². The average molecular weight is 434 g/mol. The molecule has 1 aliphatic rings. The van der Waals surface area contributed by atoms with Gasteiger partial charge in [-0.25, -0.2) is 4.98 Å². The van der Waals surface area contributed by atoms with E-state index < -0.39 is 0 Å². The van der Waals surface area contributed by atoms with Gasteiger partial charge in [-0.2, -0.15) is 0 Å². The van der Waals surface area contributed by atoms with Gasteiger partial charge in [0.1, 0.15) is 5.01 Å². The molecular formula is C22H31N3O4S. The highest BCUT2D eigenvalue weighted by Gasteiger charge is 2.15. The summed E-state index contributed by atoms with van der Waals surface area (Å²) in [6.07, 6.45) is 1.10. The number of carbonyl (C=O) groups is 1. The SMILES string of the molecule is CCOc1ccc(CCC(=O)N(C)Cc2csc(CN3CCOCC3)n2)cc1OC. The van der Waals surface area contributed by atoms with Gasteiger partial charge in [0.05, 0.1) is 45.7 Å². The Hall–Kier alpha value is -2.16. The van der Waals surface area contributed by atoms with Crippen LogP contribution in [0.3, 0.4) is 0 Å². The Labute approximate surface area is 182 Å². The molecule has 1 aliphatic heterocycles. The predicted molar refractivity (Wildman–Crippen MR) is 117 cm³/mol. The molecule has 1 aromatic carbocycles. The zero-order valence-corrected chi connectivity index (χ0v) is 18.9. The number of hydrogen-bond acceptors (Lipinski definition) is 7. The van der Waals surface area contributed by atoms with Crippen molar-refractivity contribution >= 4 is 17.2 Å². The summed E-state index contributed by atoms with van der Waals surface area (Å²) < 4.78 is 16.3. The van der Waals surface area contributed by atoms with E-state index in [1.54, 1.807) is 23.3 Å². The number of morpholine rings is 1. The third kappa shape index (κ3) is 6.42. The Balaban J connectivity index is 1.48. The first-order valence-electron chi connectivity index (χ1n) is 10.4. The Bertz CT molecular complexity index is 820. The number of carbonyl (C=O) groups excluding carboxylic acids is 1. The van der Waals surface area contributed by atoms with E-state index in [9.17, 15) is 4.79 Å². The lowest BCUT2D eigenvalue weighted by atomic mass is 10.1. The second-order valence-corrected chi connectivity index (χ2v) is 8.23. The molecule has 164 valence electrons. The molecule has 30 heavy (non-hydrogen) atoms. The molecule has 7 nitrogen and oxygen atoms in total. The van der Waals surface area contributed by atoms with E-state index >= 15 is 0 Å². The lowest BCUT2D eigenvalue weighted by Crippen LogP contribution is -2.35. The molecule has 1 saturated heterocycles. The van der Waals surface area contributed by atoms with E-state index in [0.717, 1.165) is 54.9 Å². The van der Waals surface area contributed by atoms with E-state index in [1.807, 2.05) is 32.2 Å². The van der Waals surface area contributed by atoms with Crippen molar-refractivity contribution in [1.82, 2.24) is 14.8 Å². The van der Waals surface area contributed by atoms with Crippen LogP contribution in [0.4, 0.5) is 0 Å². The summed E-state index contributed by atoms with van der Waals surface area (Å²) in [7, 11) is 3.46. The fourth-order valence-corrected chi connectivity index (χ4v) is 4.19. The zero-order chi connectivity index (χ0) is 21.3. The summed E-state index contributed by atoms with van der Waals surface area (Å²) in [5.41, 5.74) is 2.00. The van der Waals surface area contributed by atoms with Gasteiger partial charge in [0.25, 0.3) is 0 Å². The first-order valence-corrected chi connectivity index (χ1v) is 11.2. The van der Waals surface area contributed by atoms with Crippen molar-refractivity contribution in [3.8, 4) is 11.5 Å². The summed E-state index contributed by atoms with van der Waals surface area (Å²) in [5, 5.41) is 3.14. The van der Waals surface area contributed by atoms with Crippen molar-refractivity contribution < 1.29 is 19.0 Å². The monoisotopic (exact) mass is 433 g/mol. The van der Waals surface area contributed by atoms with Crippen LogP contribution in [0.2, 0.25) is 0 Å². The minimum Gasteiger partial charge on any atom is -0.493 e. The molecule has 1 aromatic heterocycles. The normalized spacial score (nSPS) is 14.5. The van der Waals surface area contributed by atoms with Crippen molar-refractivity contribution in [2.75, 3.05) is 47.1 Å². The summed E-state index contributed by atoms with van der Waals surface area (Å²) in [5.74, 6) is 1.53. The number of rotatable bonds is 10. The highest BCUT2D eigenvalue weighted by molar-refractivity contribution is 7.09. The number of thiazole rings is 1. The third-order valence-corrected chi connectivity index (χ3v) is 5.92. The van der Waals surface area contributed by atoms with Crippen molar-refractivity contribution in [2.45, 2.75) is 32.9 Å². The standard InChI is InChI=1S/C22H31N3O4S/c1-4-29-19-7-5-17(13-20(19)27-3)6-8-22(26)24(2)14-18-16-30-21(23-18)15-25-9-11-28-12-10-25/h5,7,13,16H,4,6,8-12,14-15H2,1-3H3. The summed E-state index contributed by atoms with van der Waals surface area (Å²) in [6.45, 7) is 7.38. The maximum atomic E-state index is 12.6. The summed E-state index contributed by atoms with van der Waals surface area (Å²) >= 11 is 1.66. The summed E-state index contributed by atoms with van der Waals surface area (Å²) in [4.78, 5) is 21.4. The third-order valence-electron chi connectivity index (χ3n) is 5.04. The molecule has 0 saturated carbocycles. The van der Waals surface area contributed by atoms with Crippen LogP contribution in [0, 0.1) is 0 Å². The Kier molecular flexibility index (Phi) is 8.48. The van der Waals surface area contributed by atoms with Crippen LogP contribution in [-0.4, -0.2) is 67.8 Å². The molecule has 2 heterocycles. The molecule has 0 spiro atoms. The van der Waals surface area contributed by atoms with E-state index in [0.29, 0.717) is 31.7 Å². The number of ether oxygens (including phenoxy) is 3. The van der Waals surface area contributed by atoms with E-state index in [-0.39, 0.29) is 5.91 Å². The second kappa shape index (κ2) is 11.3. The smallest absolute Gasteiger partial charge is 0.222 e. The number of amides is 1. The quantitative estimate of drug-likeness (QED) is 0.574. The zero-order valence-electron chi connectivity index (χ0n) is 18.1.